The molecule has 0 unspecified atom stereocenters. The van der Waals surface area contributed by atoms with Crippen molar-refractivity contribution < 1.29 is 0 Å². The van der Waals surface area contributed by atoms with Gasteiger partial charge in [-0.3, -0.25) is 4.79 Å². The van der Waals surface area contributed by atoms with E-state index in [1.165, 1.54) is 10.9 Å². The Balaban J connectivity index is 2.07. The smallest absolute Gasteiger partial charge is 0.265 e. The van der Waals surface area contributed by atoms with Gasteiger partial charge in [0, 0.05) is 16.1 Å². The van der Waals surface area contributed by atoms with E-state index < -0.39 is 0 Å². The molecular formula is C17H13ClN4O. The first-order valence-electron chi connectivity index (χ1n) is 6.97. The van der Waals surface area contributed by atoms with Gasteiger partial charge >= 0.3 is 5.56 Å². The lowest BCUT2D eigenvalue weighted by Gasteiger charge is -2.05. The van der Waals surface area contributed by atoms with Crippen LogP contribution in [0.25, 0.3) is 11.3 Å². The highest BCUT2D eigenvalue weighted by Crippen LogP contribution is 2.13. The Morgan fingerprint density at radius 3 is 2.48 bits per heavy atom. The van der Waals surface area contributed by atoms with Gasteiger partial charge in [-0.1, -0.05) is 60.1 Å². The first-order chi connectivity index (χ1) is 11.2. The summed E-state index contributed by atoms with van der Waals surface area (Å²) in [4.78, 5) is 12.6. The van der Waals surface area contributed by atoms with Crippen molar-refractivity contribution in [2.24, 2.45) is 5.10 Å². The van der Waals surface area contributed by atoms with Crippen LogP contribution in [0.2, 0.25) is 5.02 Å². The van der Waals surface area contributed by atoms with Crippen LogP contribution in [-0.4, -0.2) is 21.1 Å². The molecule has 114 valence electrons. The fourth-order valence-electron chi connectivity index (χ4n) is 2.07. The minimum atomic E-state index is -0.327. The third kappa shape index (κ3) is 3.19. The Bertz CT molecular complexity index is 919. The molecule has 0 aliphatic heterocycles. The summed E-state index contributed by atoms with van der Waals surface area (Å²) in [6.07, 6.45) is 1.53. The van der Waals surface area contributed by atoms with E-state index in [2.05, 4.69) is 15.3 Å². The summed E-state index contributed by atoms with van der Waals surface area (Å²) in [5, 5.41) is 12.8. The number of hydrogen-bond acceptors (Lipinski definition) is 4. The number of hydrogen-bond donors (Lipinski definition) is 0. The summed E-state index contributed by atoms with van der Waals surface area (Å²) in [6.45, 7) is 1.67. The molecule has 0 N–H and O–H groups in total. The Morgan fingerprint density at radius 2 is 1.74 bits per heavy atom. The van der Waals surface area contributed by atoms with E-state index in [-0.39, 0.29) is 11.3 Å². The van der Waals surface area contributed by atoms with Gasteiger partial charge in [0.05, 0.1) is 6.21 Å². The Hall–Kier alpha value is -2.79. The largest absolute Gasteiger partial charge is 0.301 e. The lowest BCUT2D eigenvalue weighted by Crippen LogP contribution is -2.24. The highest BCUT2D eigenvalue weighted by molar-refractivity contribution is 6.33. The molecule has 5 nitrogen and oxygen atoms in total. The van der Waals surface area contributed by atoms with E-state index in [0.29, 0.717) is 16.4 Å². The van der Waals surface area contributed by atoms with Gasteiger partial charge in [-0.05, 0) is 13.0 Å². The molecule has 0 aliphatic rings. The van der Waals surface area contributed by atoms with E-state index in [1.807, 2.05) is 48.5 Å². The highest BCUT2D eigenvalue weighted by Gasteiger charge is 2.10. The number of halogens is 1. The topological polar surface area (TPSA) is 60.1 Å². The number of rotatable bonds is 3. The summed E-state index contributed by atoms with van der Waals surface area (Å²) in [5.41, 5.74) is 1.35. The first kappa shape index (κ1) is 15.1. The van der Waals surface area contributed by atoms with Crippen LogP contribution in [0.5, 0.6) is 0 Å². The second-order valence-corrected chi connectivity index (χ2v) is 5.25. The standard InChI is InChI=1S/C17H13ClN4O/c1-12-20-21-16(13-7-3-2-4-8-13)17(23)22(12)19-11-14-9-5-6-10-15(14)18/h2-11H,1H3. The van der Waals surface area contributed by atoms with E-state index >= 15 is 0 Å². The zero-order chi connectivity index (χ0) is 16.2. The minimum Gasteiger partial charge on any atom is -0.265 e. The van der Waals surface area contributed by atoms with Gasteiger partial charge in [-0.25, -0.2) is 0 Å². The van der Waals surface area contributed by atoms with Crippen molar-refractivity contribution in [1.29, 1.82) is 0 Å². The molecule has 0 spiro atoms. The lowest BCUT2D eigenvalue weighted by atomic mass is 10.2. The van der Waals surface area contributed by atoms with E-state index in [4.69, 9.17) is 11.6 Å². The monoisotopic (exact) mass is 324 g/mol. The summed E-state index contributed by atoms with van der Waals surface area (Å²) < 4.78 is 1.22. The number of nitrogens with zero attached hydrogens (tertiary/aromatic N) is 4. The average molecular weight is 325 g/mol. The second-order valence-electron chi connectivity index (χ2n) is 4.84. The van der Waals surface area contributed by atoms with Crippen LogP contribution in [0.4, 0.5) is 0 Å². The zero-order valence-corrected chi connectivity index (χ0v) is 13.1. The van der Waals surface area contributed by atoms with Crippen LogP contribution in [0, 0.1) is 6.92 Å². The Labute approximate surface area is 137 Å². The van der Waals surface area contributed by atoms with E-state index in [9.17, 15) is 4.79 Å². The molecule has 0 amide bonds. The molecule has 0 bridgehead atoms. The summed E-state index contributed by atoms with van der Waals surface area (Å²) in [5.74, 6) is 0.401. The SMILES string of the molecule is Cc1nnc(-c2ccccc2)c(=O)n1N=Cc1ccccc1Cl. The van der Waals surface area contributed by atoms with Crippen molar-refractivity contribution in [2.45, 2.75) is 6.92 Å². The van der Waals surface area contributed by atoms with Gasteiger partial charge in [0.15, 0.2) is 11.5 Å². The van der Waals surface area contributed by atoms with Crippen LogP contribution in [-0.2, 0) is 0 Å². The molecule has 23 heavy (non-hydrogen) atoms. The summed E-state index contributed by atoms with van der Waals surface area (Å²) in [7, 11) is 0. The van der Waals surface area contributed by atoms with Crippen LogP contribution in [0.1, 0.15) is 11.4 Å². The van der Waals surface area contributed by atoms with Crippen molar-refractivity contribution in [2.75, 3.05) is 0 Å². The van der Waals surface area contributed by atoms with E-state index in [0.717, 1.165) is 5.56 Å². The molecule has 0 radical (unpaired) electrons. The molecule has 0 aliphatic carbocycles. The second kappa shape index (κ2) is 6.54. The summed E-state index contributed by atoms with van der Waals surface area (Å²) >= 11 is 6.09. The van der Waals surface area contributed by atoms with Gasteiger partial charge in [-0.2, -0.15) is 9.78 Å². The third-order valence-corrected chi connectivity index (χ3v) is 3.61. The fourth-order valence-corrected chi connectivity index (χ4v) is 2.25. The maximum Gasteiger partial charge on any atom is 0.301 e. The van der Waals surface area contributed by atoms with Crippen molar-refractivity contribution in [3.63, 3.8) is 0 Å². The maximum absolute atomic E-state index is 12.6. The molecule has 0 saturated heterocycles. The lowest BCUT2D eigenvalue weighted by molar-refractivity contribution is 0.717. The first-order valence-corrected chi connectivity index (χ1v) is 7.35. The maximum atomic E-state index is 12.6. The fraction of sp³-hybridized carbons (Fsp3) is 0.0588. The van der Waals surface area contributed by atoms with Crippen LogP contribution in [0.15, 0.2) is 64.5 Å². The molecule has 0 saturated carbocycles. The molecule has 0 atom stereocenters. The molecule has 6 heteroatoms. The van der Waals surface area contributed by atoms with Crippen molar-refractivity contribution >= 4 is 17.8 Å². The molecule has 1 heterocycles. The normalized spacial score (nSPS) is 11.0. The van der Waals surface area contributed by atoms with Gasteiger partial charge in [0.25, 0.3) is 0 Å². The van der Waals surface area contributed by atoms with Crippen LogP contribution >= 0.6 is 11.6 Å². The molecule has 3 rings (SSSR count). The molecule has 3 aromatic rings. The summed E-state index contributed by atoms with van der Waals surface area (Å²) in [6, 6.07) is 16.4. The van der Waals surface area contributed by atoms with Gasteiger partial charge in [0.2, 0.25) is 0 Å². The molecule has 1 aromatic heterocycles. The number of benzene rings is 2. The average Bonchev–Trinajstić information content (AvgIpc) is 2.57. The van der Waals surface area contributed by atoms with Crippen molar-refractivity contribution in [3.8, 4) is 11.3 Å². The third-order valence-electron chi connectivity index (χ3n) is 3.26. The number of aromatic nitrogens is 3. The van der Waals surface area contributed by atoms with Crippen molar-refractivity contribution in [1.82, 2.24) is 14.9 Å². The van der Waals surface area contributed by atoms with E-state index in [1.54, 1.807) is 13.0 Å². The molecule has 2 aromatic carbocycles. The number of aryl methyl sites for hydroxylation is 1. The highest BCUT2D eigenvalue weighted by atomic mass is 35.5. The Morgan fingerprint density at radius 1 is 1.04 bits per heavy atom. The van der Waals surface area contributed by atoms with Gasteiger partial charge in [-0.15, -0.1) is 10.2 Å². The van der Waals surface area contributed by atoms with Crippen LogP contribution < -0.4 is 5.56 Å². The predicted molar refractivity (Wildman–Crippen MR) is 90.9 cm³/mol. The van der Waals surface area contributed by atoms with Gasteiger partial charge < -0.3 is 0 Å². The quantitative estimate of drug-likeness (QED) is 0.695. The zero-order valence-electron chi connectivity index (χ0n) is 12.3. The Kier molecular flexibility index (Phi) is 4.30. The predicted octanol–water partition coefficient (Wildman–Crippen LogP) is 3.15. The minimum absolute atomic E-state index is 0.257. The molecular weight excluding hydrogens is 312 g/mol. The molecule has 0 fully saturated rings. The van der Waals surface area contributed by atoms with Gasteiger partial charge in [0.1, 0.15) is 0 Å². The van der Waals surface area contributed by atoms with Crippen LogP contribution in [0.3, 0.4) is 0 Å². The van der Waals surface area contributed by atoms with Crippen molar-refractivity contribution in [3.05, 3.63) is 81.4 Å².